The summed E-state index contributed by atoms with van der Waals surface area (Å²) in [5.41, 5.74) is 0.160. The molecule has 0 bridgehead atoms. The second kappa shape index (κ2) is 8.12. The lowest BCUT2D eigenvalue weighted by Gasteiger charge is -2.29. The van der Waals surface area contributed by atoms with Crippen LogP contribution < -0.4 is 4.74 Å². The lowest BCUT2D eigenvalue weighted by molar-refractivity contribution is -0.137. The maximum Gasteiger partial charge on any atom is 0.425 e. The Hall–Kier alpha value is -1.70. The molecular formula is C17H18F6O2. The first kappa shape index (κ1) is 19.6. The Balaban J connectivity index is 2.14. The van der Waals surface area contributed by atoms with Gasteiger partial charge in [0.05, 0.1) is 18.8 Å². The summed E-state index contributed by atoms with van der Waals surface area (Å²) < 4.78 is 87.5. The van der Waals surface area contributed by atoms with Crippen LogP contribution in [0.2, 0.25) is 0 Å². The van der Waals surface area contributed by atoms with Gasteiger partial charge in [0.2, 0.25) is 0 Å². The van der Waals surface area contributed by atoms with E-state index in [1.807, 2.05) is 0 Å². The number of benzene rings is 1. The van der Waals surface area contributed by atoms with Crippen molar-refractivity contribution in [3.63, 3.8) is 0 Å². The molecule has 1 fully saturated rings. The van der Waals surface area contributed by atoms with Crippen LogP contribution in [-0.2, 0) is 4.74 Å². The zero-order valence-electron chi connectivity index (χ0n) is 13.5. The molecule has 0 N–H and O–H groups in total. The summed E-state index contributed by atoms with van der Waals surface area (Å²) in [6.07, 6.45) is -5.23. The monoisotopic (exact) mass is 368 g/mol. The van der Waals surface area contributed by atoms with Crippen molar-refractivity contribution in [3.8, 4) is 5.75 Å². The molecule has 140 valence electrons. The summed E-state index contributed by atoms with van der Waals surface area (Å²) in [5.74, 6) is -3.83. The molecule has 0 radical (unpaired) electrons. The van der Waals surface area contributed by atoms with Gasteiger partial charge in [-0.25, -0.2) is 8.78 Å². The number of halogens is 6. The van der Waals surface area contributed by atoms with E-state index in [0.29, 0.717) is 18.9 Å². The van der Waals surface area contributed by atoms with Crippen molar-refractivity contribution in [2.45, 2.75) is 44.8 Å². The fraction of sp³-hybridized carbons (Fsp3) is 0.529. The Labute approximate surface area is 141 Å². The Morgan fingerprint density at radius 2 is 1.88 bits per heavy atom. The van der Waals surface area contributed by atoms with Crippen molar-refractivity contribution in [2.75, 3.05) is 6.61 Å². The van der Waals surface area contributed by atoms with Crippen molar-refractivity contribution >= 4 is 0 Å². The molecule has 1 aromatic carbocycles. The smallest absolute Gasteiger partial charge is 0.423 e. The van der Waals surface area contributed by atoms with Crippen molar-refractivity contribution < 1.29 is 35.8 Å². The van der Waals surface area contributed by atoms with Gasteiger partial charge in [-0.15, -0.1) is 0 Å². The third-order valence-electron chi connectivity index (χ3n) is 3.97. The van der Waals surface area contributed by atoms with E-state index in [9.17, 15) is 26.3 Å². The first-order chi connectivity index (χ1) is 11.7. The Morgan fingerprint density at radius 1 is 1.24 bits per heavy atom. The highest BCUT2D eigenvalue weighted by atomic mass is 19.3. The first-order valence-corrected chi connectivity index (χ1v) is 7.93. The summed E-state index contributed by atoms with van der Waals surface area (Å²) in [6.45, 7) is 2.51. The highest BCUT2D eigenvalue weighted by molar-refractivity contribution is 5.33. The standard InChI is InChI=1S/C17H18F6O2/c1-2-3-10-4-5-14(24-9-10)11-6-12(18)16(13(19)7-11)25-17(22,23)8-15(20)21/h6-8,10,14H,2-5,9H2,1H3. The van der Waals surface area contributed by atoms with Crippen LogP contribution in [0.1, 0.15) is 44.3 Å². The quantitative estimate of drug-likeness (QED) is 0.575. The zero-order valence-corrected chi connectivity index (χ0v) is 13.5. The molecule has 25 heavy (non-hydrogen) atoms. The summed E-state index contributed by atoms with van der Waals surface area (Å²) in [7, 11) is 0. The molecule has 2 rings (SSSR count). The van der Waals surface area contributed by atoms with Crippen LogP contribution in [0.25, 0.3) is 0 Å². The van der Waals surface area contributed by atoms with E-state index in [2.05, 4.69) is 11.7 Å². The van der Waals surface area contributed by atoms with Gasteiger partial charge in [-0.2, -0.15) is 17.6 Å². The van der Waals surface area contributed by atoms with E-state index < -0.39 is 41.8 Å². The van der Waals surface area contributed by atoms with Crippen LogP contribution in [0.15, 0.2) is 24.3 Å². The van der Waals surface area contributed by atoms with Crippen LogP contribution >= 0.6 is 0 Å². The van der Waals surface area contributed by atoms with Crippen molar-refractivity contribution in [1.29, 1.82) is 0 Å². The predicted molar refractivity (Wildman–Crippen MR) is 78.6 cm³/mol. The Bertz CT molecular complexity index is 597. The van der Waals surface area contributed by atoms with Crippen LogP contribution in [0, 0.1) is 17.6 Å². The van der Waals surface area contributed by atoms with Gasteiger partial charge in [0.15, 0.2) is 17.4 Å². The van der Waals surface area contributed by atoms with E-state index in [0.717, 1.165) is 31.4 Å². The average Bonchev–Trinajstić information content (AvgIpc) is 2.50. The van der Waals surface area contributed by atoms with Crippen molar-refractivity contribution in [1.82, 2.24) is 0 Å². The van der Waals surface area contributed by atoms with E-state index >= 15 is 0 Å². The molecular weight excluding hydrogens is 350 g/mol. The van der Waals surface area contributed by atoms with Crippen LogP contribution in [0.4, 0.5) is 26.3 Å². The van der Waals surface area contributed by atoms with Crippen molar-refractivity contribution in [3.05, 3.63) is 41.5 Å². The zero-order chi connectivity index (χ0) is 18.6. The molecule has 1 aliphatic rings. The SMILES string of the molecule is CCCC1CCC(c2cc(F)c(OC(F)(F)C=C(F)F)c(F)c2)OC1. The van der Waals surface area contributed by atoms with Crippen LogP contribution in [0.5, 0.6) is 5.75 Å². The molecule has 1 aliphatic heterocycles. The van der Waals surface area contributed by atoms with Gasteiger partial charge < -0.3 is 9.47 Å². The van der Waals surface area contributed by atoms with Gasteiger partial charge in [0.25, 0.3) is 6.08 Å². The third kappa shape index (κ3) is 5.39. The second-order valence-corrected chi connectivity index (χ2v) is 5.97. The topological polar surface area (TPSA) is 18.5 Å². The lowest BCUT2D eigenvalue weighted by Crippen LogP contribution is -2.24. The fourth-order valence-electron chi connectivity index (χ4n) is 2.86. The second-order valence-electron chi connectivity index (χ2n) is 5.97. The number of rotatable bonds is 6. The summed E-state index contributed by atoms with van der Waals surface area (Å²) in [6, 6.07) is 1.66. The third-order valence-corrected chi connectivity index (χ3v) is 3.97. The maximum atomic E-state index is 14.0. The van der Waals surface area contributed by atoms with Gasteiger partial charge in [0.1, 0.15) is 0 Å². The summed E-state index contributed by atoms with van der Waals surface area (Å²) in [4.78, 5) is 0. The minimum Gasteiger partial charge on any atom is -0.423 e. The summed E-state index contributed by atoms with van der Waals surface area (Å²) in [5, 5.41) is 0. The van der Waals surface area contributed by atoms with Gasteiger partial charge in [-0.3, -0.25) is 0 Å². The van der Waals surface area contributed by atoms with Gasteiger partial charge >= 0.3 is 6.11 Å². The van der Waals surface area contributed by atoms with Gasteiger partial charge in [0, 0.05) is 0 Å². The minimum absolute atomic E-state index is 0.160. The highest BCUT2D eigenvalue weighted by Crippen LogP contribution is 2.36. The predicted octanol–water partition coefficient (Wildman–Crippen LogP) is 5.98. The molecule has 1 aromatic rings. The highest BCUT2D eigenvalue weighted by Gasteiger charge is 2.34. The molecule has 0 spiro atoms. The number of hydrogen-bond acceptors (Lipinski definition) is 2. The van der Waals surface area contributed by atoms with Crippen LogP contribution in [0.3, 0.4) is 0 Å². The van der Waals surface area contributed by atoms with E-state index in [1.54, 1.807) is 0 Å². The fourth-order valence-corrected chi connectivity index (χ4v) is 2.86. The molecule has 1 saturated heterocycles. The largest absolute Gasteiger partial charge is 0.425 e. The van der Waals surface area contributed by atoms with Gasteiger partial charge in [-0.05, 0) is 42.9 Å². The number of alkyl halides is 2. The normalized spacial score (nSPS) is 21.1. The minimum atomic E-state index is -4.53. The van der Waals surface area contributed by atoms with E-state index in [-0.39, 0.29) is 5.56 Å². The molecule has 0 aromatic heterocycles. The molecule has 0 aliphatic carbocycles. The molecule has 1 heterocycles. The van der Waals surface area contributed by atoms with Gasteiger partial charge in [-0.1, -0.05) is 13.3 Å². The molecule has 2 unspecified atom stereocenters. The molecule has 0 amide bonds. The molecule has 0 saturated carbocycles. The van der Waals surface area contributed by atoms with Crippen molar-refractivity contribution in [2.24, 2.45) is 5.92 Å². The lowest BCUT2D eigenvalue weighted by atomic mass is 9.92. The molecule has 2 nitrogen and oxygen atoms in total. The van der Waals surface area contributed by atoms with E-state index in [1.165, 1.54) is 0 Å². The van der Waals surface area contributed by atoms with Crippen LogP contribution in [-0.4, -0.2) is 12.7 Å². The average molecular weight is 368 g/mol. The Kier molecular flexibility index (Phi) is 6.37. The Morgan fingerprint density at radius 3 is 2.36 bits per heavy atom. The number of hydrogen-bond donors (Lipinski definition) is 0. The molecule has 2 atom stereocenters. The number of ether oxygens (including phenoxy) is 2. The summed E-state index contributed by atoms with van der Waals surface area (Å²) >= 11 is 0. The van der Waals surface area contributed by atoms with E-state index in [4.69, 9.17) is 4.74 Å². The maximum absolute atomic E-state index is 14.0. The molecule has 8 heteroatoms. The first-order valence-electron chi connectivity index (χ1n) is 7.93.